The van der Waals surface area contributed by atoms with Gasteiger partial charge in [0.2, 0.25) is 0 Å². The zero-order chi connectivity index (χ0) is 21.4. The molecule has 5 aromatic carbocycles. The maximum absolute atomic E-state index is 5.80. The number of halogens is 1. The first-order chi connectivity index (χ1) is 15.2. The Labute approximate surface area is 189 Å². The molecule has 0 saturated heterocycles. The summed E-state index contributed by atoms with van der Waals surface area (Å²) in [6.45, 7) is 0. The topological polar surface area (TPSA) is 18.5 Å². The Bertz CT molecular complexity index is 1470. The Morgan fingerprint density at radius 2 is 1.19 bits per heavy atom. The summed E-state index contributed by atoms with van der Waals surface area (Å²) in [6.07, 6.45) is 4.21. The lowest BCUT2D eigenvalue weighted by Gasteiger charge is -2.15. The first-order valence-electron chi connectivity index (χ1n) is 10.1. The highest BCUT2D eigenvalue weighted by atomic mass is 79.9. The third-order valence-corrected chi connectivity index (χ3v) is 6.61. The summed E-state index contributed by atoms with van der Waals surface area (Å²) in [7, 11) is 3.38. The fourth-order valence-electron chi connectivity index (χ4n) is 4.22. The lowest BCUT2D eigenvalue weighted by Crippen LogP contribution is -1.95. The fourth-order valence-corrected chi connectivity index (χ4v) is 4.84. The highest BCUT2D eigenvalue weighted by molar-refractivity contribution is 9.10. The van der Waals surface area contributed by atoms with Crippen molar-refractivity contribution in [3.05, 3.63) is 94.5 Å². The first-order valence-corrected chi connectivity index (χ1v) is 10.9. The van der Waals surface area contributed by atoms with Crippen molar-refractivity contribution in [3.8, 4) is 11.5 Å². The van der Waals surface area contributed by atoms with Gasteiger partial charge in [0.15, 0.2) is 11.5 Å². The molecule has 5 aromatic rings. The second-order valence-electron chi connectivity index (χ2n) is 7.44. The Balaban J connectivity index is 1.72. The van der Waals surface area contributed by atoms with Gasteiger partial charge >= 0.3 is 0 Å². The summed E-state index contributed by atoms with van der Waals surface area (Å²) in [5, 5.41) is 6.99. The van der Waals surface area contributed by atoms with Crippen LogP contribution in [0.5, 0.6) is 11.5 Å². The zero-order valence-electron chi connectivity index (χ0n) is 17.4. The van der Waals surface area contributed by atoms with E-state index in [4.69, 9.17) is 9.47 Å². The van der Waals surface area contributed by atoms with E-state index in [9.17, 15) is 0 Å². The second-order valence-corrected chi connectivity index (χ2v) is 8.23. The third-order valence-electron chi connectivity index (χ3n) is 5.73. The van der Waals surface area contributed by atoms with Crippen molar-refractivity contribution >= 4 is 60.4 Å². The number of rotatable bonds is 4. The van der Waals surface area contributed by atoms with Crippen molar-refractivity contribution in [2.45, 2.75) is 0 Å². The average Bonchev–Trinajstić information content (AvgIpc) is 2.82. The van der Waals surface area contributed by atoms with E-state index >= 15 is 0 Å². The molecule has 31 heavy (non-hydrogen) atoms. The van der Waals surface area contributed by atoms with Crippen LogP contribution in [0.15, 0.2) is 83.3 Å². The van der Waals surface area contributed by atoms with E-state index in [-0.39, 0.29) is 0 Å². The predicted octanol–water partition coefficient (Wildman–Crippen LogP) is 8.10. The van der Waals surface area contributed by atoms with Crippen molar-refractivity contribution in [3.63, 3.8) is 0 Å². The molecule has 0 aliphatic carbocycles. The summed E-state index contributed by atoms with van der Waals surface area (Å²) in [6, 6.07) is 27.5. The lowest BCUT2D eigenvalue weighted by molar-refractivity contribution is 0.358. The molecule has 5 rings (SSSR count). The number of fused-ring (bicyclic) bond motifs is 4. The van der Waals surface area contributed by atoms with Crippen LogP contribution in [0.1, 0.15) is 11.1 Å². The van der Waals surface area contributed by atoms with Crippen molar-refractivity contribution in [2.75, 3.05) is 14.2 Å². The summed E-state index contributed by atoms with van der Waals surface area (Å²) in [5.41, 5.74) is 2.08. The summed E-state index contributed by atoms with van der Waals surface area (Å²) in [4.78, 5) is 0. The van der Waals surface area contributed by atoms with E-state index in [2.05, 4.69) is 107 Å². The lowest BCUT2D eigenvalue weighted by atomic mass is 9.97. The quantitative estimate of drug-likeness (QED) is 0.196. The molecule has 0 aliphatic rings. The molecule has 0 heterocycles. The number of ether oxygens (including phenoxy) is 2. The van der Waals surface area contributed by atoms with Gasteiger partial charge < -0.3 is 9.47 Å². The molecule has 0 bridgehead atoms. The van der Waals surface area contributed by atoms with Crippen LogP contribution in [0.3, 0.4) is 0 Å². The minimum atomic E-state index is 0.735. The van der Waals surface area contributed by atoms with Gasteiger partial charge in [-0.15, -0.1) is 0 Å². The molecule has 2 nitrogen and oxygen atoms in total. The standard InChI is InChI=1S/C28H21BrO2/c1-30-27-21(14-13-20-12-11-19-8-4-6-10-23(19)26(20)29)17-25-22-9-5-3-7-18(22)15-16-24(25)28(27)31-2/h3-17H,1-2H3/b14-13-. The molecular weight excluding hydrogens is 448 g/mol. The Morgan fingerprint density at radius 1 is 0.581 bits per heavy atom. The van der Waals surface area contributed by atoms with E-state index < -0.39 is 0 Å². The number of methoxy groups -OCH3 is 2. The largest absolute Gasteiger partial charge is 0.492 e. The Morgan fingerprint density at radius 3 is 1.94 bits per heavy atom. The van der Waals surface area contributed by atoms with Crippen LogP contribution < -0.4 is 9.47 Å². The van der Waals surface area contributed by atoms with E-state index in [1.54, 1.807) is 14.2 Å². The summed E-state index contributed by atoms with van der Waals surface area (Å²) >= 11 is 3.78. The van der Waals surface area contributed by atoms with Gasteiger partial charge in [-0.25, -0.2) is 0 Å². The maximum Gasteiger partial charge on any atom is 0.169 e. The highest BCUT2D eigenvalue weighted by Crippen LogP contribution is 2.42. The van der Waals surface area contributed by atoms with Gasteiger partial charge in [-0.3, -0.25) is 0 Å². The average molecular weight is 469 g/mol. The molecule has 0 aromatic heterocycles. The molecule has 0 aliphatic heterocycles. The number of hydrogen-bond acceptors (Lipinski definition) is 2. The van der Waals surface area contributed by atoms with Gasteiger partial charge in [-0.2, -0.15) is 0 Å². The number of hydrogen-bond donors (Lipinski definition) is 0. The Hall–Kier alpha value is -3.30. The van der Waals surface area contributed by atoms with Crippen LogP contribution in [0.4, 0.5) is 0 Å². The van der Waals surface area contributed by atoms with Crippen LogP contribution in [-0.4, -0.2) is 14.2 Å². The smallest absolute Gasteiger partial charge is 0.169 e. The van der Waals surface area contributed by atoms with Crippen molar-refractivity contribution in [2.24, 2.45) is 0 Å². The fraction of sp³-hybridized carbons (Fsp3) is 0.0714. The van der Waals surface area contributed by atoms with E-state index in [1.807, 2.05) is 0 Å². The molecular formula is C28H21BrO2. The SMILES string of the molecule is COc1c(/C=C\c2ccc3ccccc3c2Br)cc2c(ccc3ccccc32)c1OC. The van der Waals surface area contributed by atoms with Crippen molar-refractivity contribution < 1.29 is 9.47 Å². The zero-order valence-corrected chi connectivity index (χ0v) is 18.9. The number of benzene rings is 5. The molecule has 0 N–H and O–H groups in total. The molecule has 3 heteroatoms. The van der Waals surface area contributed by atoms with E-state index in [0.717, 1.165) is 37.9 Å². The van der Waals surface area contributed by atoms with Gasteiger partial charge in [-0.05, 0) is 60.6 Å². The van der Waals surface area contributed by atoms with Crippen molar-refractivity contribution in [1.29, 1.82) is 0 Å². The molecule has 152 valence electrons. The maximum atomic E-state index is 5.80. The predicted molar refractivity (Wildman–Crippen MR) is 135 cm³/mol. The van der Waals surface area contributed by atoms with Crippen molar-refractivity contribution in [1.82, 2.24) is 0 Å². The molecule has 0 radical (unpaired) electrons. The molecule has 0 atom stereocenters. The van der Waals surface area contributed by atoms with Crippen LogP contribution in [0.25, 0.3) is 44.5 Å². The van der Waals surface area contributed by atoms with Crippen LogP contribution in [0.2, 0.25) is 0 Å². The molecule has 0 spiro atoms. The summed E-state index contributed by atoms with van der Waals surface area (Å²) < 4.78 is 12.7. The van der Waals surface area contributed by atoms with Gasteiger partial charge in [0.05, 0.1) is 14.2 Å². The van der Waals surface area contributed by atoms with Gasteiger partial charge in [0.25, 0.3) is 0 Å². The molecule has 0 unspecified atom stereocenters. The van der Waals surface area contributed by atoms with Gasteiger partial charge in [0.1, 0.15) is 0 Å². The van der Waals surface area contributed by atoms with E-state index in [0.29, 0.717) is 0 Å². The van der Waals surface area contributed by atoms with Crippen LogP contribution in [-0.2, 0) is 0 Å². The van der Waals surface area contributed by atoms with Crippen LogP contribution in [0, 0.1) is 0 Å². The third kappa shape index (κ3) is 3.35. The molecule has 0 saturated carbocycles. The second kappa shape index (κ2) is 8.09. The highest BCUT2D eigenvalue weighted by Gasteiger charge is 2.15. The minimum Gasteiger partial charge on any atom is -0.492 e. The normalized spacial score (nSPS) is 11.6. The Kier molecular flexibility index (Phi) is 5.13. The van der Waals surface area contributed by atoms with E-state index in [1.165, 1.54) is 21.5 Å². The monoisotopic (exact) mass is 468 g/mol. The van der Waals surface area contributed by atoms with Crippen LogP contribution >= 0.6 is 15.9 Å². The minimum absolute atomic E-state index is 0.735. The van der Waals surface area contributed by atoms with Gasteiger partial charge in [0, 0.05) is 15.4 Å². The summed E-state index contributed by atoms with van der Waals surface area (Å²) in [5.74, 6) is 1.49. The van der Waals surface area contributed by atoms with Gasteiger partial charge in [-0.1, -0.05) is 78.9 Å². The molecule has 0 amide bonds. The first kappa shape index (κ1) is 19.7. The molecule has 0 fully saturated rings.